The van der Waals surface area contributed by atoms with Crippen molar-refractivity contribution in [1.29, 1.82) is 0 Å². The molecule has 3 heterocycles. The highest BCUT2D eigenvalue weighted by Gasteiger charge is 2.35. The molecular weight excluding hydrogens is 206 g/mol. The van der Waals surface area contributed by atoms with E-state index in [9.17, 15) is 0 Å². The zero-order valence-corrected chi connectivity index (χ0v) is 9.30. The Labute approximate surface area is 92.0 Å². The number of hydrogen-bond acceptors (Lipinski definition) is 5. The molecule has 0 fully saturated rings. The fourth-order valence-corrected chi connectivity index (χ4v) is 1.93. The number of methoxy groups -OCH3 is 1. The minimum absolute atomic E-state index is 0.377. The molecule has 1 aliphatic rings. The molecule has 0 amide bonds. The summed E-state index contributed by atoms with van der Waals surface area (Å²) in [7, 11) is 1.58. The second-order valence-corrected chi connectivity index (χ2v) is 4.19. The number of nitrogens with zero attached hydrogens (tertiary/aromatic N) is 5. The highest BCUT2D eigenvalue weighted by Crippen LogP contribution is 2.45. The minimum atomic E-state index is -0.377. The first kappa shape index (κ1) is 9.26. The first-order valence-corrected chi connectivity index (χ1v) is 4.98. The van der Waals surface area contributed by atoms with E-state index >= 15 is 0 Å². The van der Waals surface area contributed by atoms with Crippen LogP contribution in [0.2, 0.25) is 0 Å². The zero-order chi connectivity index (χ0) is 11.3. The molecule has 3 rings (SSSR count). The predicted octanol–water partition coefficient (Wildman–Crippen LogP) is 2.07. The molecule has 2 aromatic heterocycles. The third-order valence-corrected chi connectivity index (χ3v) is 2.69. The van der Waals surface area contributed by atoms with Crippen molar-refractivity contribution in [2.45, 2.75) is 19.4 Å². The van der Waals surface area contributed by atoms with Gasteiger partial charge in [0.15, 0.2) is 11.3 Å². The van der Waals surface area contributed by atoms with Crippen LogP contribution in [0.15, 0.2) is 22.6 Å². The summed E-state index contributed by atoms with van der Waals surface area (Å²) in [5.41, 5.74) is 2.05. The highest BCUT2D eigenvalue weighted by atomic mass is 16.5. The second-order valence-electron chi connectivity index (χ2n) is 4.19. The zero-order valence-electron chi connectivity index (χ0n) is 9.30. The van der Waals surface area contributed by atoms with E-state index in [0.717, 1.165) is 11.2 Å². The smallest absolute Gasteiger partial charge is 0.260 e. The van der Waals surface area contributed by atoms with Gasteiger partial charge in [0.1, 0.15) is 5.54 Å². The topological polar surface area (TPSA) is 64.1 Å². The molecule has 0 bridgehead atoms. The van der Waals surface area contributed by atoms with E-state index in [-0.39, 0.29) is 5.54 Å². The van der Waals surface area contributed by atoms with Crippen LogP contribution in [0.1, 0.15) is 19.4 Å². The van der Waals surface area contributed by atoms with Crippen molar-refractivity contribution in [3.8, 4) is 5.88 Å². The Balaban J connectivity index is 2.46. The van der Waals surface area contributed by atoms with Gasteiger partial charge in [-0.25, -0.2) is 9.50 Å². The van der Waals surface area contributed by atoms with Gasteiger partial charge < -0.3 is 4.74 Å². The number of azo groups is 1. The Morgan fingerprint density at radius 3 is 2.94 bits per heavy atom. The molecule has 0 atom stereocenters. The standard InChI is InChI=1S/C10H11N5O/c1-10(2)6-7(12-14-10)9(16-3)13-15-5-4-11-8(6)15/h4-5H,1-3H3. The predicted molar refractivity (Wildman–Crippen MR) is 57.1 cm³/mol. The van der Waals surface area contributed by atoms with Crippen molar-refractivity contribution in [1.82, 2.24) is 14.6 Å². The fraction of sp³-hybridized carbons (Fsp3) is 0.400. The van der Waals surface area contributed by atoms with Crippen LogP contribution >= 0.6 is 0 Å². The molecule has 0 saturated heterocycles. The van der Waals surface area contributed by atoms with Crippen LogP contribution in [-0.4, -0.2) is 21.7 Å². The van der Waals surface area contributed by atoms with Crippen molar-refractivity contribution in [3.63, 3.8) is 0 Å². The van der Waals surface area contributed by atoms with Gasteiger partial charge in [-0.3, -0.25) is 0 Å². The van der Waals surface area contributed by atoms with Gasteiger partial charge in [-0.05, 0) is 13.8 Å². The third kappa shape index (κ3) is 1.01. The summed E-state index contributed by atoms with van der Waals surface area (Å²) in [4.78, 5) is 4.29. The van der Waals surface area contributed by atoms with Gasteiger partial charge in [0.05, 0.1) is 12.7 Å². The van der Waals surface area contributed by atoms with Crippen molar-refractivity contribution in [3.05, 3.63) is 18.0 Å². The average Bonchev–Trinajstić information content (AvgIpc) is 2.81. The summed E-state index contributed by atoms with van der Waals surface area (Å²) in [5.74, 6) is 0.481. The molecule has 0 spiro atoms. The summed E-state index contributed by atoms with van der Waals surface area (Å²) in [6, 6.07) is 0. The number of fused-ring (bicyclic) bond motifs is 3. The Morgan fingerprint density at radius 2 is 2.19 bits per heavy atom. The van der Waals surface area contributed by atoms with Gasteiger partial charge in [-0.1, -0.05) is 0 Å². The summed E-state index contributed by atoms with van der Waals surface area (Å²) in [6.07, 6.45) is 3.49. The number of hydrogen-bond donors (Lipinski definition) is 0. The highest BCUT2D eigenvalue weighted by molar-refractivity contribution is 5.69. The summed E-state index contributed by atoms with van der Waals surface area (Å²) >= 11 is 0. The molecule has 16 heavy (non-hydrogen) atoms. The Hall–Kier alpha value is -1.98. The molecule has 0 aliphatic carbocycles. The molecular formula is C10H11N5O. The van der Waals surface area contributed by atoms with E-state index in [2.05, 4.69) is 20.3 Å². The van der Waals surface area contributed by atoms with Crippen LogP contribution in [0, 0.1) is 0 Å². The number of imidazole rings is 1. The molecule has 0 N–H and O–H groups in total. The van der Waals surface area contributed by atoms with Gasteiger partial charge in [-0.2, -0.15) is 5.11 Å². The van der Waals surface area contributed by atoms with Gasteiger partial charge in [-0.15, -0.1) is 10.2 Å². The van der Waals surface area contributed by atoms with Gasteiger partial charge in [0, 0.05) is 12.4 Å². The van der Waals surface area contributed by atoms with Gasteiger partial charge in [0.2, 0.25) is 0 Å². The van der Waals surface area contributed by atoms with Gasteiger partial charge >= 0.3 is 0 Å². The van der Waals surface area contributed by atoms with E-state index in [1.807, 2.05) is 13.8 Å². The maximum Gasteiger partial charge on any atom is 0.260 e. The largest absolute Gasteiger partial charge is 0.478 e. The van der Waals surface area contributed by atoms with Crippen molar-refractivity contribution in [2.75, 3.05) is 7.11 Å². The van der Waals surface area contributed by atoms with Crippen LogP contribution in [-0.2, 0) is 5.54 Å². The lowest BCUT2D eigenvalue weighted by Crippen LogP contribution is -2.13. The quantitative estimate of drug-likeness (QED) is 0.734. The molecule has 1 aliphatic heterocycles. The van der Waals surface area contributed by atoms with E-state index in [0.29, 0.717) is 11.6 Å². The lowest BCUT2D eigenvalue weighted by Gasteiger charge is -2.14. The van der Waals surface area contributed by atoms with Crippen molar-refractivity contribution in [2.24, 2.45) is 10.2 Å². The van der Waals surface area contributed by atoms with Crippen LogP contribution in [0.3, 0.4) is 0 Å². The number of aromatic nitrogens is 3. The first-order valence-electron chi connectivity index (χ1n) is 4.98. The SMILES string of the molecule is COc1nn2ccnc2c2c1N=NC2(C)C. The van der Waals surface area contributed by atoms with Crippen LogP contribution in [0.4, 0.5) is 5.69 Å². The van der Waals surface area contributed by atoms with E-state index < -0.39 is 0 Å². The lowest BCUT2D eigenvalue weighted by atomic mass is 9.97. The second kappa shape index (κ2) is 2.78. The molecule has 0 radical (unpaired) electrons. The number of ether oxygens (including phenoxy) is 1. The summed E-state index contributed by atoms with van der Waals surface area (Å²) in [5, 5.41) is 12.6. The Kier molecular flexibility index (Phi) is 1.61. The first-order chi connectivity index (χ1) is 7.63. The Morgan fingerprint density at radius 1 is 1.38 bits per heavy atom. The van der Waals surface area contributed by atoms with Crippen LogP contribution in [0.25, 0.3) is 5.65 Å². The molecule has 82 valence electrons. The van der Waals surface area contributed by atoms with E-state index in [1.165, 1.54) is 0 Å². The third-order valence-electron chi connectivity index (χ3n) is 2.69. The molecule has 0 saturated carbocycles. The molecule has 6 nitrogen and oxygen atoms in total. The molecule has 0 aromatic carbocycles. The molecule has 0 unspecified atom stereocenters. The average molecular weight is 217 g/mol. The van der Waals surface area contributed by atoms with Gasteiger partial charge in [0.25, 0.3) is 5.88 Å². The maximum atomic E-state index is 5.21. The number of rotatable bonds is 1. The van der Waals surface area contributed by atoms with Crippen LogP contribution in [0.5, 0.6) is 5.88 Å². The normalized spacial score (nSPS) is 16.7. The van der Waals surface area contributed by atoms with Crippen molar-refractivity contribution < 1.29 is 4.74 Å². The van der Waals surface area contributed by atoms with Crippen molar-refractivity contribution >= 4 is 11.3 Å². The maximum absolute atomic E-state index is 5.21. The minimum Gasteiger partial charge on any atom is -0.478 e. The summed E-state index contributed by atoms with van der Waals surface area (Å²) in [6.45, 7) is 3.99. The monoisotopic (exact) mass is 217 g/mol. The fourth-order valence-electron chi connectivity index (χ4n) is 1.93. The summed E-state index contributed by atoms with van der Waals surface area (Å²) < 4.78 is 6.90. The van der Waals surface area contributed by atoms with Crippen LogP contribution < -0.4 is 4.74 Å². The lowest BCUT2D eigenvalue weighted by molar-refractivity contribution is 0.391. The van der Waals surface area contributed by atoms with E-state index in [1.54, 1.807) is 24.0 Å². The Bertz CT molecular complexity index is 599. The van der Waals surface area contributed by atoms with E-state index in [4.69, 9.17) is 4.74 Å². The molecule has 6 heteroatoms. The molecule has 2 aromatic rings.